The minimum absolute atomic E-state index is 0.108. The van der Waals surface area contributed by atoms with Crippen molar-refractivity contribution >= 4 is 28.6 Å². The lowest BCUT2D eigenvalue weighted by atomic mass is 10.2. The van der Waals surface area contributed by atoms with E-state index in [1.165, 1.54) is 11.8 Å². The first-order chi connectivity index (χ1) is 14.1. The van der Waals surface area contributed by atoms with Gasteiger partial charge in [0.05, 0.1) is 24.6 Å². The SMILES string of the molecule is COc1cccc(-n2cnnc2SCC(=O)N[C@H](C)c2cc3ccccc3o2)c1. The van der Waals surface area contributed by atoms with Gasteiger partial charge in [-0.2, -0.15) is 0 Å². The number of amides is 1. The van der Waals surface area contributed by atoms with Crippen LogP contribution in [0, 0.1) is 0 Å². The van der Waals surface area contributed by atoms with Crippen LogP contribution in [-0.2, 0) is 4.79 Å². The minimum atomic E-state index is -0.230. The molecule has 7 nitrogen and oxygen atoms in total. The monoisotopic (exact) mass is 408 g/mol. The second kappa shape index (κ2) is 8.40. The van der Waals surface area contributed by atoms with Crippen molar-refractivity contribution in [1.29, 1.82) is 0 Å². The van der Waals surface area contributed by atoms with Crippen molar-refractivity contribution in [3.05, 3.63) is 66.7 Å². The first kappa shape index (κ1) is 19.1. The maximum atomic E-state index is 12.4. The highest BCUT2D eigenvalue weighted by molar-refractivity contribution is 7.99. The molecule has 0 bridgehead atoms. The van der Waals surface area contributed by atoms with E-state index in [9.17, 15) is 4.79 Å². The van der Waals surface area contributed by atoms with Gasteiger partial charge in [0.2, 0.25) is 5.91 Å². The Morgan fingerprint density at radius 2 is 2.10 bits per heavy atom. The van der Waals surface area contributed by atoms with Crippen molar-refractivity contribution in [2.75, 3.05) is 12.9 Å². The summed E-state index contributed by atoms with van der Waals surface area (Å²) in [6.07, 6.45) is 1.62. The van der Waals surface area contributed by atoms with E-state index < -0.39 is 0 Å². The zero-order valence-electron chi connectivity index (χ0n) is 16.0. The second-order valence-electron chi connectivity index (χ2n) is 6.45. The van der Waals surface area contributed by atoms with Crippen LogP contribution in [0.3, 0.4) is 0 Å². The van der Waals surface area contributed by atoms with E-state index in [-0.39, 0.29) is 17.7 Å². The van der Waals surface area contributed by atoms with Crippen molar-refractivity contribution in [1.82, 2.24) is 20.1 Å². The summed E-state index contributed by atoms with van der Waals surface area (Å²) < 4.78 is 12.9. The number of nitrogens with zero attached hydrogens (tertiary/aromatic N) is 3. The predicted octanol–water partition coefficient (Wildman–Crippen LogP) is 3.99. The molecule has 1 N–H and O–H groups in total. The van der Waals surface area contributed by atoms with E-state index in [0.29, 0.717) is 5.16 Å². The fourth-order valence-corrected chi connectivity index (χ4v) is 3.70. The maximum absolute atomic E-state index is 12.4. The lowest BCUT2D eigenvalue weighted by Crippen LogP contribution is -2.28. The summed E-state index contributed by atoms with van der Waals surface area (Å²) in [5.74, 6) is 1.57. The fourth-order valence-electron chi connectivity index (χ4n) is 2.96. The van der Waals surface area contributed by atoms with Crippen molar-refractivity contribution in [3.8, 4) is 11.4 Å². The highest BCUT2D eigenvalue weighted by Crippen LogP contribution is 2.25. The molecule has 2 aromatic heterocycles. The number of hydrogen-bond acceptors (Lipinski definition) is 6. The van der Waals surface area contributed by atoms with E-state index in [1.807, 2.05) is 66.1 Å². The third-order valence-corrected chi connectivity index (χ3v) is 5.37. The molecule has 1 atom stereocenters. The zero-order valence-corrected chi connectivity index (χ0v) is 16.8. The molecule has 0 aliphatic heterocycles. The average Bonchev–Trinajstić information content (AvgIpc) is 3.39. The van der Waals surface area contributed by atoms with Crippen LogP contribution in [0.2, 0.25) is 0 Å². The molecule has 0 aliphatic carbocycles. The Hall–Kier alpha value is -3.26. The molecular weight excluding hydrogens is 388 g/mol. The molecule has 2 heterocycles. The van der Waals surface area contributed by atoms with E-state index in [4.69, 9.17) is 9.15 Å². The molecule has 0 aliphatic rings. The minimum Gasteiger partial charge on any atom is -0.497 e. The highest BCUT2D eigenvalue weighted by Gasteiger charge is 2.16. The van der Waals surface area contributed by atoms with Gasteiger partial charge in [0.25, 0.3) is 0 Å². The van der Waals surface area contributed by atoms with Gasteiger partial charge in [-0.3, -0.25) is 9.36 Å². The second-order valence-corrected chi connectivity index (χ2v) is 7.39. The van der Waals surface area contributed by atoms with E-state index in [0.717, 1.165) is 28.2 Å². The number of rotatable bonds is 7. The molecule has 0 saturated heterocycles. The number of aromatic nitrogens is 3. The summed E-state index contributed by atoms with van der Waals surface area (Å²) >= 11 is 1.32. The number of nitrogens with one attached hydrogen (secondary N) is 1. The molecule has 1 amide bonds. The first-order valence-electron chi connectivity index (χ1n) is 9.09. The summed E-state index contributed by atoms with van der Waals surface area (Å²) in [5.41, 5.74) is 1.68. The molecule has 4 rings (SSSR count). The molecule has 0 fully saturated rings. The highest BCUT2D eigenvalue weighted by atomic mass is 32.2. The molecule has 0 unspecified atom stereocenters. The standard InChI is InChI=1S/C21H20N4O3S/c1-14(19-10-15-6-3-4-9-18(15)28-19)23-20(26)12-29-21-24-22-13-25(21)16-7-5-8-17(11-16)27-2/h3-11,13-14H,12H2,1-2H3,(H,23,26)/t14-/m1/s1. The van der Waals surface area contributed by atoms with E-state index in [2.05, 4.69) is 15.5 Å². The Balaban J connectivity index is 1.39. The molecule has 4 aromatic rings. The quantitative estimate of drug-likeness (QED) is 0.466. The topological polar surface area (TPSA) is 82.2 Å². The number of ether oxygens (including phenoxy) is 1. The van der Waals surface area contributed by atoms with Gasteiger partial charge in [-0.05, 0) is 31.2 Å². The van der Waals surface area contributed by atoms with Gasteiger partial charge < -0.3 is 14.5 Å². The Bertz CT molecular complexity index is 1100. The molecule has 0 spiro atoms. The summed E-state index contributed by atoms with van der Waals surface area (Å²) in [4.78, 5) is 12.4. The van der Waals surface area contributed by atoms with Crippen LogP contribution in [0.5, 0.6) is 5.75 Å². The van der Waals surface area contributed by atoms with Gasteiger partial charge in [-0.15, -0.1) is 10.2 Å². The van der Waals surface area contributed by atoms with Crippen molar-refractivity contribution in [2.24, 2.45) is 0 Å². The number of hydrogen-bond donors (Lipinski definition) is 1. The van der Waals surface area contributed by atoms with Crippen LogP contribution >= 0.6 is 11.8 Å². The van der Waals surface area contributed by atoms with Crippen molar-refractivity contribution in [2.45, 2.75) is 18.1 Å². The lowest BCUT2D eigenvalue weighted by Gasteiger charge is -2.11. The fraction of sp³-hybridized carbons (Fsp3) is 0.190. The normalized spacial score (nSPS) is 12.1. The lowest BCUT2D eigenvalue weighted by molar-refractivity contribution is -0.119. The van der Waals surface area contributed by atoms with Crippen LogP contribution in [-0.4, -0.2) is 33.5 Å². The van der Waals surface area contributed by atoms with Gasteiger partial charge in [-0.25, -0.2) is 0 Å². The van der Waals surface area contributed by atoms with Gasteiger partial charge in [0.15, 0.2) is 5.16 Å². The number of carbonyl (C=O) groups is 1. The van der Waals surface area contributed by atoms with Crippen molar-refractivity contribution < 1.29 is 13.9 Å². The largest absolute Gasteiger partial charge is 0.497 e. The van der Waals surface area contributed by atoms with E-state index in [1.54, 1.807) is 13.4 Å². The zero-order chi connectivity index (χ0) is 20.2. The van der Waals surface area contributed by atoms with Gasteiger partial charge in [-0.1, -0.05) is 36.0 Å². The van der Waals surface area contributed by atoms with E-state index >= 15 is 0 Å². The van der Waals surface area contributed by atoms with Gasteiger partial charge in [0.1, 0.15) is 23.4 Å². The molecule has 2 aromatic carbocycles. The number of methoxy groups -OCH3 is 1. The Labute approximate surface area is 172 Å². The Morgan fingerprint density at radius 1 is 1.24 bits per heavy atom. The third-order valence-electron chi connectivity index (χ3n) is 4.43. The number of thioether (sulfide) groups is 1. The average molecular weight is 408 g/mol. The first-order valence-corrected chi connectivity index (χ1v) is 10.1. The molecule has 0 radical (unpaired) electrons. The molecule has 0 saturated carbocycles. The van der Waals surface area contributed by atoms with Gasteiger partial charge >= 0.3 is 0 Å². The van der Waals surface area contributed by atoms with Crippen LogP contribution in [0.4, 0.5) is 0 Å². The molecule has 29 heavy (non-hydrogen) atoms. The third kappa shape index (κ3) is 4.27. The maximum Gasteiger partial charge on any atom is 0.231 e. The Kier molecular flexibility index (Phi) is 5.53. The van der Waals surface area contributed by atoms with Crippen LogP contribution in [0.1, 0.15) is 18.7 Å². The molecular formula is C21H20N4O3S. The predicted molar refractivity (Wildman–Crippen MR) is 111 cm³/mol. The summed E-state index contributed by atoms with van der Waals surface area (Å²) in [6, 6.07) is 17.1. The van der Waals surface area contributed by atoms with Crippen LogP contribution < -0.4 is 10.1 Å². The number of benzene rings is 2. The van der Waals surface area contributed by atoms with Crippen LogP contribution in [0.25, 0.3) is 16.7 Å². The van der Waals surface area contributed by atoms with Gasteiger partial charge in [0, 0.05) is 11.5 Å². The smallest absolute Gasteiger partial charge is 0.231 e. The summed E-state index contributed by atoms with van der Waals surface area (Å²) in [5, 5.41) is 12.7. The number of fused-ring (bicyclic) bond motifs is 1. The van der Waals surface area contributed by atoms with Crippen LogP contribution in [0.15, 0.2) is 70.5 Å². The summed E-state index contributed by atoms with van der Waals surface area (Å²) in [6.45, 7) is 1.90. The number of para-hydroxylation sites is 1. The summed E-state index contributed by atoms with van der Waals surface area (Å²) in [7, 11) is 1.62. The number of furan rings is 1. The number of carbonyl (C=O) groups excluding carboxylic acids is 1. The van der Waals surface area contributed by atoms with Crippen molar-refractivity contribution in [3.63, 3.8) is 0 Å². The Morgan fingerprint density at radius 3 is 2.93 bits per heavy atom. The molecule has 8 heteroatoms. The molecule has 148 valence electrons.